The zero-order valence-corrected chi connectivity index (χ0v) is 11.6. The third-order valence-corrected chi connectivity index (χ3v) is 4.36. The predicted octanol–water partition coefficient (Wildman–Crippen LogP) is 1.69. The molecule has 6 heteroatoms. The molecule has 0 radical (unpaired) electrons. The normalized spacial score (nSPS) is 21.9. The number of nitrogens with zero attached hydrogens (tertiary/aromatic N) is 1. The summed E-state index contributed by atoms with van der Waals surface area (Å²) in [7, 11) is 0. The van der Waals surface area contributed by atoms with E-state index in [-0.39, 0.29) is 18.3 Å². The van der Waals surface area contributed by atoms with Gasteiger partial charge in [0.25, 0.3) is 5.91 Å². The molecule has 21 heavy (non-hydrogen) atoms. The molecular formula is C15H18FN3O2. The molecule has 0 aromatic heterocycles. The van der Waals surface area contributed by atoms with Crippen molar-refractivity contribution in [2.75, 3.05) is 6.54 Å². The number of carbonyl (C=O) groups is 2. The average molecular weight is 291 g/mol. The summed E-state index contributed by atoms with van der Waals surface area (Å²) >= 11 is 0. The van der Waals surface area contributed by atoms with Crippen molar-refractivity contribution in [3.8, 4) is 0 Å². The molecule has 3 N–H and O–H groups in total. The van der Waals surface area contributed by atoms with E-state index in [0.717, 1.165) is 12.8 Å². The first kappa shape index (κ1) is 14.0. The van der Waals surface area contributed by atoms with Crippen LogP contribution in [0, 0.1) is 5.82 Å². The highest BCUT2D eigenvalue weighted by atomic mass is 19.1. The maximum absolute atomic E-state index is 13.2. The fraction of sp³-hybridized carbons (Fsp3) is 0.467. The number of hydrogen-bond acceptors (Lipinski definition) is 3. The molecule has 0 bridgehead atoms. The van der Waals surface area contributed by atoms with Gasteiger partial charge in [0.05, 0.1) is 0 Å². The minimum Gasteiger partial charge on any atom is -0.323 e. The first-order valence-electron chi connectivity index (χ1n) is 7.17. The van der Waals surface area contributed by atoms with Crippen molar-refractivity contribution in [3.63, 3.8) is 0 Å². The van der Waals surface area contributed by atoms with E-state index in [0.29, 0.717) is 18.4 Å². The molecule has 1 aromatic carbocycles. The van der Waals surface area contributed by atoms with Crippen molar-refractivity contribution in [1.82, 2.24) is 10.2 Å². The number of nitrogens with two attached hydrogens (primary N) is 1. The van der Waals surface area contributed by atoms with E-state index in [9.17, 15) is 14.0 Å². The molecule has 1 heterocycles. The molecule has 1 aliphatic heterocycles. The van der Waals surface area contributed by atoms with Crippen LogP contribution in [0.1, 0.15) is 37.3 Å². The van der Waals surface area contributed by atoms with Gasteiger partial charge in [-0.3, -0.25) is 9.69 Å². The lowest BCUT2D eigenvalue weighted by Gasteiger charge is -2.22. The summed E-state index contributed by atoms with van der Waals surface area (Å²) in [5.41, 5.74) is 5.86. The average Bonchev–Trinajstić information content (AvgIpc) is 3.00. The second kappa shape index (κ2) is 5.11. The van der Waals surface area contributed by atoms with Crippen LogP contribution in [0.5, 0.6) is 0 Å². The van der Waals surface area contributed by atoms with Gasteiger partial charge in [-0.2, -0.15) is 0 Å². The van der Waals surface area contributed by atoms with Crippen LogP contribution in [0.15, 0.2) is 24.3 Å². The van der Waals surface area contributed by atoms with Gasteiger partial charge in [0.1, 0.15) is 11.4 Å². The molecule has 1 atom stereocenters. The van der Waals surface area contributed by atoms with Crippen molar-refractivity contribution in [2.45, 2.75) is 37.3 Å². The molecule has 1 aliphatic carbocycles. The topological polar surface area (TPSA) is 75.4 Å². The summed E-state index contributed by atoms with van der Waals surface area (Å²) in [5.74, 6) is -0.579. The highest BCUT2D eigenvalue weighted by molar-refractivity contribution is 6.07. The lowest BCUT2D eigenvalue weighted by Crippen LogP contribution is -2.44. The van der Waals surface area contributed by atoms with Gasteiger partial charge in [-0.1, -0.05) is 25.0 Å². The monoisotopic (exact) mass is 291 g/mol. The van der Waals surface area contributed by atoms with Crippen LogP contribution in [0.2, 0.25) is 0 Å². The van der Waals surface area contributed by atoms with E-state index in [2.05, 4.69) is 5.32 Å². The van der Waals surface area contributed by atoms with E-state index in [1.807, 2.05) is 0 Å². The molecule has 1 spiro atoms. The zero-order valence-electron chi connectivity index (χ0n) is 11.6. The number of imide groups is 1. The number of rotatable bonds is 3. The van der Waals surface area contributed by atoms with Crippen LogP contribution in [-0.2, 0) is 4.79 Å². The van der Waals surface area contributed by atoms with Crippen molar-refractivity contribution in [1.29, 1.82) is 0 Å². The van der Waals surface area contributed by atoms with Crippen LogP contribution in [-0.4, -0.2) is 28.9 Å². The van der Waals surface area contributed by atoms with Gasteiger partial charge in [-0.15, -0.1) is 0 Å². The lowest BCUT2D eigenvalue weighted by atomic mass is 9.97. The lowest BCUT2D eigenvalue weighted by molar-refractivity contribution is -0.131. The predicted molar refractivity (Wildman–Crippen MR) is 74.8 cm³/mol. The summed E-state index contributed by atoms with van der Waals surface area (Å²) < 4.78 is 13.2. The van der Waals surface area contributed by atoms with Gasteiger partial charge in [0.2, 0.25) is 0 Å². The number of nitrogens with one attached hydrogen (secondary N) is 1. The van der Waals surface area contributed by atoms with Crippen LogP contribution in [0.3, 0.4) is 0 Å². The molecule has 2 aliphatic rings. The van der Waals surface area contributed by atoms with Crippen LogP contribution < -0.4 is 11.1 Å². The Hall–Kier alpha value is -1.95. The number of hydrogen-bond donors (Lipinski definition) is 2. The zero-order chi connectivity index (χ0) is 15.0. The Bertz CT molecular complexity index is 584. The largest absolute Gasteiger partial charge is 0.325 e. The molecule has 1 aromatic rings. The van der Waals surface area contributed by atoms with E-state index in [1.54, 1.807) is 12.1 Å². The SMILES string of the molecule is NC(CN1C(=O)NC2(CCCC2)C1=O)c1cccc(F)c1. The second-order valence-corrected chi connectivity index (χ2v) is 5.80. The highest BCUT2D eigenvalue weighted by Crippen LogP contribution is 2.35. The summed E-state index contributed by atoms with van der Waals surface area (Å²) in [6, 6.07) is 4.93. The van der Waals surface area contributed by atoms with Gasteiger partial charge in [-0.05, 0) is 30.5 Å². The van der Waals surface area contributed by atoms with Crippen LogP contribution in [0.4, 0.5) is 9.18 Å². The summed E-state index contributed by atoms with van der Waals surface area (Å²) in [5, 5.41) is 2.81. The van der Waals surface area contributed by atoms with Crippen LogP contribution in [0.25, 0.3) is 0 Å². The van der Waals surface area contributed by atoms with E-state index in [4.69, 9.17) is 5.73 Å². The van der Waals surface area contributed by atoms with Crippen molar-refractivity contribution in [2.24, 2.45) is 5.73 Å². The Balaban J connectivity index is 1.75. The van der Waals surface area contributed by atoms with Gasteiger partial charge in [0, 0.05) is 12.6 Å². The number of halogens is 1. The first-order valence-corrected chi connectivity index (χ1v) is 7.17. The van der Waals surface area contributed by atoms with Gasteiger partial charge in [-0.25, -0.2) is 9.18 Å². The third-order valence-electron chi connectivity index (χ3n) is 4.36. The van der Waals surface area contributed by atoms with Crippen LogP contribution >= 0.6 is 0 Å². The first-order chi connectivity index (χ1) is 10.0. The van der Waals surface area contributed by atoms with Gasteiger partial charge < -0.3 is 11.1 Å². The smallest absolute Gasteiger partial charge is 0.323 e. The fourth-order valence-corrected chi connectivity index (χ4v) is 3.20. The minimum absolute atomic E-state index is 0.0653. The Morgan fingerprint density at radius 1 is 1.33 bits per heavy atom. The molecule has 3 rings (SSSR count). The molecule has 112 valence electrons. The quantitative estimate of drug-likeness (QED) is 0.832. The number of amides is 3. The summed E-state index contributed by atoms with van der Waals surface area (Å²) in [6.45, 7) is 0.0653. The fourth-order valence-electron chi connectivity index (χ4n) is 3.20. The second-order valence-electron chi connectivity index (χ2n) is 5.80. The maximum Gasteiger partial charge on any atom is 0.325 e. The van der Waals surface area contributed by atoms with Crippen molar-refractivity contribution in [3.05, 3.63) is 35.6 Å². The van der Waals surface area contributed by atoms with Gasteiger partial charge in [0.15, 0.2) is 0 Å². The molecule has 2 fully saturated rings. The summed E-state index contributed by atoms with van der Waals surface area (Å²) in [6.07, 6.45) is 3.25. The van der Waals surface area contributed by atoms with Crippen molar-refractivity contribution >= 4 is 11.9 Å². The number of carbonyl (C=O) groups excluding carboxylic acids is 2. The Morgan fingerprint density at radius 3 is 2.71 bits per heavy atom. The van der Waals surface area contributed by atoms with Gasteiger partial charge >= 0.3 is 6.03 Å². The van der Waals surface area contributed by atoms with Crippen molar-refractivity contribution < 1.29 is 14.0 Å². The number of urea groups is 1. The van der Waals surface area contributed by atoms with E-state index in [1.165, 1.54) is 17.0 Å². The minimum atomic E-state index is -0.723. The molecular weight excluding hydrogens is 273 g/mol. The molecule has 3 amide bonds. The standard InChI is InChI=1S/C15H18FN3O2/c16-11-5-3-4-10(8-11)12(17)9-19-13(20)15(18-14(19)21)6-1-2-7-15/h3-5,8,12H,1-2,6-7,9,17H2,(H,18,21). The Labute approximate surface area is 122 Å². The molecule has 1 saturated carbocycles. The molecule has 1 saturated heterocycles. The van der Waals surface area contributed by atoms with E-state index >= 15 is 0 Å². The Kier molecular flexibility index (Phi) is 3.41. The Morgan fingerprint density at radius 2 is 2.05 bits per heavy atom. The molecule has 1 unspecified atom stereocenters. The highest BCUT2D eigenvalue weighted by Gasteiger charge is 2.52. The number of benzene rings is 1. The van der Waals surface area contributed by atoms with E-state index < -0.39 is 17.6 Å². The molecule has 5 nitrogen and oxygen atoms in total. The maximum atomic E-state index is 13.2. The summed E-state index contributed by atoms with van der Waals surface area (Å²) in [4.78, 5) is 25.7. The third kappa shape index (κ3) is 2.40.